The first kappa shape index (κ1) is 18.8. The summed E-state index contributed by atoms with van der Waals surface area (Å²) >= 11 is 0. The molecule has 2 heterocycles. The predicted octanol–water partition coefficient (Wildman–Crippen LogP) is 2.38. The highest BCUT2D eigenvalue weighted by molar-refractivity contribution is 6.05. The number of pyridine rings is 1. The molecule has 4 atom stereocenters. The van der Waals surface area contributed by atoms with Gasteiger partial charge in [0.15, 0.2) is 0 Å². The molecule has 6 nitrogen and oxygen atoms in total. The minimum Gasteiger partial charge on any atom is -0.339 e. The molecule has 2 aromatic carbocycles. The first-order valence-corrected chi connectivity index (χ1v) is 10.5. The molecule has 2 N–H and O–H groups in total. The SMILES string of the molecule is Cn1c(=O)c2cc(CC(C#N)NC(=O)[C@H]3N[C@@H]4CC[C@H]3C4)ccc2c2ccccc21. The number of nitriles is 1. The third-order valence-electron chi connectivity index (χ3n) is 6.73. The zero-order valence-electron chi connectivity index (χ0n) is 16.9. The number of nitrogens with one attached hydrogen (secondary N) is 2. The number of carbonyl (C=O) groups excluding carboxylic acids is 1. The van der Waals surface area contributed by atoms with Crippen molar-refractivity contribution in [3.63, 3.8) is 0 Å². The molecule has 30 heavy (non-hydrogen) atoms. The largest absolute Gasteiger partial charge is 0.339 e. The van der Waals surface area contributed by atoms with E-state index in [2.05, 4.69) is 16.7 Å². The van der Waals surface area contributed by atoms with Crippen LogP contribution in [0.25, 0.3) is 21.7 Å². The van der Waals surface area contributed by atoms with Crippen molar-refractivity contribution in [2.75, 3.05) is 0 Å². The minimum absolute atomic E-state index is 0.0609. The fourth-order valence-corrected chi connectivity index (χ4v) is 5.19. The summed E-state index contributed by atoms with van der Waals surface area (Å²) in [5, 5.41) is 18.4. The number of amides is 1. The number of para-hydroxylation sites is 1. The third kappa shape index (κ3) is 3.06. The highest BCUT2D eigenvalue weighted by atomic mass is 16.2. The van der Waals surface area contributed by atoms with Gasteiger partial charge < -0.3 is 15.2 Å². The number of hydrogen-bond acceptors (Lipinski definition) is 4. The van der Waals surface area contributed by atoms with Gasteiger partial charge in [0.1, 0.15) is 6.04 Å². The Bertz CT molecular complexity index is 1260. The van der Waals surface area contributed by atoms with Crippen LogP contribution in [0.5, 0.6) is 0 Å². The van der Waals surface area contributed by atoms with Crippen LogP contribution in [0.1, 0.15) is 24.8 Å². The van der Waals surface area contributed by atoms with Crippen LogP contribution in [-0.4, -0.2) is 28.6 Å². The first-order chi connectivity index (χ1) is 14.5. The number of benzene rings is 2. The average Bonchev–Trinajstić information content (AvgIpc) is 3.41. The molecule has 1 unspecified atom stereocenters. The van der Waals surface area contributed by atoms with Crippen LogP contribution in [0.4, 0.5) is 0 Å². The Kier molecular flexibility index (Phi) is 4.56. The van der Waals surface area contributed by atoms with Crippen molar-refractivity contribution in [1.82, 2.24) is 15.2 Å². The van der Waals surface area contributed by atoms with Gasteiger partial charge in [-0.3, -0.25) is 9.59 Å². The number of carbonyl (C=O) groups is 1. The van der Waals surface area contributed by atoms with Gasteiger partial charge in [-0.1, -0.05) is 30.3 Å². The Morgan fingerprint density at radius 1 is 1.23 bits per heavy atom. The molecule has 0 radical (unpaired) electrons. The summed E-state index contributed by atoms with van der Waals surface area (Å²) in [5.41, 5.74) is 1.69. The van der Waals surface area contributed by atoms with E-state index in [0.717, 1.165) is 41.1 Å². The van der Waals surface area contributed by atoms with Gasteiger partial charge in [0, 0.05) is 30.3 Å². The van der Waals surface area contributed by atoms with E-state index < -0.39 is 6.04 Å². The van der Waals surface area contributed by atoms with E-state index >= 15 is 0 Å². The lowest BCUT2D eigenvalue weighted by Crippen LogP contribution is -2.50. The smallest absolute Gasteiger partial charge is 0.258 e. The van der Waals surface area contributed by atoms with Gasteiger partial charge in [-0.25, -0.2) is 0 Å². The van der Waals surface area contributed by atoms with Crippen molar-refractivity contribution in [2.24, 2.45) is 13.0 Å². The number of piperidine rings is 1. The summed E-state index contributed by atoms with van der Waals surface area (Å²) in [7, 11) is 1.78. The molecule has 0 spiro atoms. The van der Waals surface area contributed by atoms with Gasteiger partial charge in [0.25, 0.3) is 5.56 Å². The van der Waals surface area contributed by atoms with E-state index in [1.54, 1.807) is 11.6 Å². The van der Waals surface area contributed by atoms with Gasteiger partial charge >= 0.3 is 0 Å². The minimum atomic E-state index is -0.625. The normalized spacial score (nSPS) is 23.5. The molecule has 1 saturated carbocycles. The van der Waals surface area contributed by atoms with Gasteiger partial charge in [-0.2, -0.15) is 5.26 Å². The maximum absolute atomic E-state index is 12.9. The Balaban J connectivity index is 1.41. The topological polar surface area (TPSA) is 86.9 Å². The molecule has 1 aromatic heterocycles. The lowest BCUT2D eigenvalue weighted by atomic mass is 9.98. The average molecular weight is 400 g/mol. The van der Waals surface area contributed by atoms with Crippen LogP contribution < -0.4 is 16.2 Å². The number of nitrogens with zero attached hydrogens (tertiary/aromatic N) is 2. The van der Waals surface area contributed by atoms with Crippen LogP contribution in [0.15, 0.2) is 47.3 Å². The molecular formula is C24H24N4O2. The summed E-state index contributed by atoms with van der Waals surface area (Å²) in [6.07, 6.45) is 3.64. The van der Waals surface area contributed by atoms with E-state index in [0.29, 0.717) is 23.8 Å². The molecule has 152 valence electrons. The Hall–Kier alpha value is -3.17. The monoisotopic (exact) mass is 400 g/mol. The van der Waals surface area contributed by atoms with Crippen molar-refractivity contribution in [1.29, 1.82) is 5.26 Å². The standard InChI is InChI=1S/C24H24N4O2/c1-28-21-5-3-2-4-19(21)18-9-6-14(11-20(18)24(28)30)10-17(13-25)27-23(29)22-15-7-8-16(12-15)26-22/h2-6,9,11,15-17,22,26H,7-8,10,12H2,1H3,(H,27,29)/t15-,16+,17?,22-/m0/s1. The number of fused-ring (bicyclic) bond motifs is 5. The van der Waals surface area contributed by atoms with E-state index in [9.17, 15) is 14.9 Å². The maximum atomic E-state index is 12.9. The second kappa shape index (κ2) is 7.26. The number of hydrogen-bond donors (Lipinski definition) is 2. The molecule has 3 aromatic rings. The molecule has 1 aliphatic heterocycles. The molecular weight excluding hydrogens is 376 g/mol. The summed E-state index contributed by atoms with van der Waals surface area (Å²) in [4.78, 5) is 25.6. The Morgan fingerprint density at radius 3 is 2.80 bits per heavy atom. The Morgan fingerprint density at radius 2 is 2.07 bits per heavy atom. The number of rotatable bonds is 4. The lowest BCUT2D eigenvalue weighted by molar-refractivity contribution is -0.124. The summed E-state index contributed by atoms with van der Waals surface area (Å²) in [5.74, 6) is 0.294. The first-order valence-electron chi connectivity index (χ1n) is 10.5. The summed E-state index contributed by atoms with van der Waals surface area (Å²) < 4.78 is 1.66. The number of aryl methyl sites for hydroxylation is 1. The summed E-state index contributed by atoms with van der Waals surface area (Å²) in [6.45, 7) is 0. The fourth-order valence-electron chi connectivity index (χ4n) is 5.19. The van der Waals surface area contributed by atoms with Gasteiger partial charge in [0.2, 0.25) is 5.91 Å². The van der Waals surface area contributed by atoms with Crippen LogP contribution in [0, 0.1) is 17.2 Å². The van der Waals surface area contributed by atoms with E-state index in [4.69, 9.17) is 0 Å². The van der Waals surface area contributed by atoms with E-state index in [1.807, 2.05) is 42.5 Å². The zero-order valence-corrected chi connectivity index (χ0v) is 16.9. The zero-order chi connectivity index (χ0) is 20.8. The van der Waals surface area contributed by atoms with Crippen molar-refractivity contribution in [3.05, 3.63) is 58.4 Å². The van der Waals surface area contributed by atoms with Crippen LogP contribution in [0.2, 0.25) is 0 Å². The molecule has 1 amide bonds. The lowest BCUT2D eigenvalue weighted by Gasteiger charge is -2.23. The van der Waals surface area contributed by atoms with Crippen molar-refractivity contribution < 1.29 is 4.79 Å². The second-order valence-electron chi connectivity index (χ2n) is 8.57. The third-order valence-corrected chi connectivity index (χ3v) is 6.73. The molecule has 2 aliphatic rings. The highest BCUT2D eigenvalue weighted by Gasteiger charge is 2.43. The molecule has 2 bridgehead atoms. The van der Waals surface area contributed by atoms with E-state index in [-0.39, 0.29) is 17.5 Å². The van der Waals surface area contributed by atoms with Crippen molar-refractivity contribution in [3.8, 4) is 6.07 Å². The van der Waals surface area contributed by atoms with E-state index in [1.165, 1.54) is 0 Å². The highest BCUT2D eigenvalue weighted by Crippen LogP contribution is 2.35. The van der Waals surface area contributed by atoms with Crippen LogP contribution >= 0.6 is 0 Å². The molecule has 2 fully saturated rings. The second-order valence-corrected chi connectivity index (χ2v) is 8.57. The molecule has 5 rings (SSSR count). The van der Waals surface area contributed by atoms with Gasteiger partial charge in [0.05, 0.1) is 17.6 Å². The van der Waals surface area contributed by atoms with Crippen LogP contribution in [0.3, 0.4) is 0 Å². The molecule has 1 aliphatic carbocycles. The maximum Gasteiger partial charge on any atom is 0.258 e. The Labute approximate surface area is 174 Å². The fraction of sp³-hybridized carbons (Fsp3) is 0.375. The quantitative estimate of drug-likeness (QED) is 0.659. The van der Waals surface area contributed by atoms with Crippen LogP contribution in [-0.2, 0) is 18.3 Å². The molecule has 6 heteroatoms. The van der Waals surface area contributed by atoms with Crippen molar-refractivity contribution >= 4 is 27.6 Å². The predicted molar refractivity (Wildman–Crippen MR) is 116 cm³/mol. The van der Waals surface area contributed by atoms with Gasteiger partial charge in [-0.05, 0) is 48.3 Å². The summed E-state index contributed by atoms with van der Waals surface area (Å²) in [6, 6.07) is 15.4. The van der Waals surface area contributed by atoms with Crippen molar-refractivity contribution in [2.45, 2.75) is 43.8 Å². The van der Waals surface area contributed by atoms with Gasteiger partial charge in [-0.15, -0.1) is 0 Å². The number of aromatic nitrogens is 1. The molecule has 1 saturated heterocycles.